The van der Waals surface area contributed by atoms with E-state index in [9.17, 15) is 49.0 Å². The second kappa shape index (κ2) is 24.1. The Morgan fingerprint density at radius 1 is 0.585 bits per heavy atom. The van der Waals surface area contributed by atoms with Gasteiger partial charge in [0.2, 0.25) is 0 Å². The number of amides is 1. The summed E-state index contributed by atoms with van der Waals surface area (Å²) < 4.78 is 30.0. The highest BCUT2D eigenvalue weighted by Crippen LogP contribution is 2.38. The van der Waals surface area contributed by atoms with Crippen molar-refractivity contribution in [1.82, 2.24) is 4.90 Å². The molecule has 1 heterocycles. The molecule has 20 nitrogen and oxygen atoms in total. The smallest absolute Gasteiger partial charge is 0.343 e. The van der Waals surface area contributed by atoms with Crippen LogP contribution in [0, 0.1) is 26.1 Å². The maximum atomic E-state index is 13.2. The van der Waals surface area contributed by atoms with Crippen LogP contribution in [0.2, 0.25) is 0 Å². The lowest BCUT2D eigenvalue weighted by Crippen LogP contribution is -2.48. The largest absolute Gasteiger partial charge is 0.493 e. The Morgan fingerprint density at radius 2 is 1.03 bits per heavy atom. The monoisotopic (exact) mass is 901 g/mol. The summed E-state index contributed by atoms with van der Waals surface area (Å²) in [5, 5.41) is 31.8. The van der Waals surface area contributed by atoms with Crippen LogP contribution < -0.4 is 18.9 Å². The predicted molar refractivity (Wildman–Crippen MR) is 228 cm³/mol. The normalized spacial score (nSPS) is 14.3. The molecule has 1 aliphatic heterocycles. The number of methoxy groups -OCH3 is 4. The number of hydrogen-bond acceptors (Lipinski definition) is 16. The molecule has 0 bridgehead atoms. The van der Waals surface area contributed by atoms with Crippen LogP contribution in [0.25, 0.3) is 0 Å². The van der Waals surface area contributed by atoms with Crippen molar-refractivity contribution in [2.24, 2.45) is 5.92 Å². The van der Waals surface area contributed by atoms with E-state index >= 15 is 0 Å². The lowest BCUT2D eigenvalue weighted by Gasteiger charge is -2.33. The summed E-state index contributed by atoms with van der Waals surface area (Å²) in [5.74, 6) is -4.64. The molecule has 6 rings (SSSR count). The number of carboxylic acid groups (broad SMARTS) is 1. The molecule has 344 valence electrons. The van der Waals surface area contributed by atoms with Gasteiger partial charge >= 0.3 is 29.8 Å². The zero-order valence-electron chi connectivity index (χ0n) is 35.9. The zero-order valence-corrected chi connectivity index (χ0v) is 35.9. The number of hydrogen-bond donors (Lipinski definition) is 1. The van der Waals surface area contributed by atoms with Crippen LogP contribution >= 0.6 is 0 Å². The molecule has 0 aromatic heterocycles. The summed E-state index contributed by atoms with van der Waals surface area (Å²) in [6.45, 7) is 0.253. The van der Waals surface area contributed by atoms with Gasteiger partial charge in [-0.3, -0.25) is 29.8 Å². The van der Waals surface area contributed by atoms with Gasteiger partial charge in [-0.2, -0.15) is 0 Å². The number of nitro groups is 2. The van der Waals surface area contributed by atoms with E-state index < -0.39 is 62.6 Å². The van der Waals surface area contributed by atoms with Crippen molar-refractivity contribution in [2.45, 2.75) is 57.4 Å². The minimum atomic E-state index is -1.49. The molecule has 1 aliphatic carbocycles. The molecular weight excluding hydrogens is 854 g/mol. The number of likely N-dealkylation sites (tertiary alicyclic amines) is 1. The molecule has 1 N–H and O–H groups in total. The fourth-order valence-electron chi connectivity index (χ4n) is 6.90. The summed E-state index contributed by atoms with van der Waals surface area (Å²) >= 11 is 0. The number of carboxylic acids is 1. The first-order valence-electron chi connectivity index (χ1n) is 20.1. The number of ether oxygens (including phenoxy) is 6. The van der Waals surface area contributed by atoms with Crippen molar-refractivity contribution >= 4 is 47.1 Å². The van der Waals surface area contributed by atoms with Gasteiger partial charge in [0.1, 0.15) is 17.2 Å². The van der Waals surface area contributed by atoms with E-state index in [0.717, 1.165) is 43.5 Å². The average Bonchev–Trinajstić information content (AvgIpc) is 3.33. The highest BCUT2D eigenvalue weighted by Gasteiger charge is 2.37. The van der Waals surface area contributed by atoms with Gasteiger partial charge in [0.05, 0.1) is 67.5 Å². The summed E-state index contributed by atoms with van der Waals surface area (Å²) in [7, 11) is 5.21. The number of carbonyl (C=O) groups excluding carboxylic acids is 5. The fourth-order valence-corrected chi connectivity index (χ4v) is 6.90. The third-order valence-electron chi connectivity index (χ3n) is 10.2. The fraction of sp³-hybridized carbons (Fsp3) is 0.333. The van der Waals surface area contributed by atoms with Crippen molar-refractivity contribution < 1.29 is 72.1 Å². The van der Waals surface area contributed by atoms with Crippen LogP contribution in [0.1, 0.15) is 92.8 Å². The second-order valence-electron chi connectivity index (χ2n) is 14.3. The van der Waals surface area contributed by atoms with Crippen molar-refractivity contribution in [3.8, 4) is 23.0 Å². The lowest BCUT2D eigenvalue weighted by atomic mass is 9.89. The maximum absolute atomic E-state index is 13.2. The first kappa shape index (κ1) is 49.8. The van der Waals surface area contributed by atoms with E-state index in [-0.39, 0.29) is 58.1 Å². The lowest BCUT2D eigenvalue weighted by molar-refractivity contribution is -0.385. The van der Waals surface area contributed by atoms with E-state index in [4.69, 9.17) is 28.8 Å². The molecular formula is C45H47N3O17. The third-order valence-corrected chi connectivity index (χ3v) is 10.2. The first-order valence-corrected chi connectivity index (χ1v) is 20.1. The number of rotatable bonds is 12. The van der Waals surface area contributed by atoms with Gasteiger partial charge in [-0.1, -0.05) is 55.7 Å². The highest BCUT2D eigenvalue weighted by molar-refractivity contribution is 6.01. The van der Waals surface area contributed by atoms with Gasteiger partial charge in [0, 0.05) is 18.7 Å². The van der Waals surface area contributed by atoms with Crippen LogP contribution in [-0.4, -0.2) is 96.6 Å². The number of carbonyl (C=O) groups is 6. The number of aromatic carboxylic acids is 1. The number of nitrogens with zero attached hydrogens (tertiary/aromatic N) is 3. The van der Waals surface area contributed by atoms with Crippen molar-refractivity contribution in [3.63, 3.8) is 0 Å². The van der Waals surface area contributed by atoms with E-state index in [1.165, 1.54) is 76.9 Å². The van der Waals surface area contributed by atoms with Crippen LogP contribution in [0.4, 0.5) is 11.4 Å². The molecule has 1 atom stereocenters. The molecule has 1 saturated carbocycles. The van der Waals surface area contributed by atoms with E-state index in [1.54, 1.807) is 36.4 Å². The van der Waals surface area contributed by atoms with E-state index in [1.807, 2.05) is 0 Å². The summed E-state index contributed by atoms with van der Waals surface area (Å²) in [5.41, 5.74) is -1.63. The minimum Gasteiger partial charge on any atom is -0.493 e. The van der Waals surface area contributed by atoms with E-state index in [2.05, 4.69) is 4.74 Å². The third kappa shape index (κ3) is 13.3. The molecule has 0 radical (unpaired) electrons. The molecule has 2 aliphatic rings. The first-order chi connectivity index (χ1) is 31.1. The Bertz CT molecular complexity index is 2370. The number of nitro benzene ring substituents is 2. The number of benzene rings is 4. The topological polar surface area (TPSA) is 268 Å². The Labute approximate surface area is 372 Å². The summed E-state index contributed by atoms with van der Waals surface area (Å²) in [4.78, 5) is 94.2. The van der Waals surface area contributed by atoms with Crippen LogP contribution in [-0.2, 0) is 19.1 Å². The summed E-state index contributed by atoms with van der Waals surface area (Å²) in [6, 6.07) is 19.2. The Hall–Kier alpha value is -7.90. The van der Waals surface area contributed by atoms with Gasteiger partial charge in [-0.15, -0.1) is 0 Å². The Morgan fingerprint density at radius 3 is 1.46 bits per heavy atom. The SMILES string of the molecule is COC(=O)C1CCCCC1.COC(=O)[C@H]1CCCCN1C(=O)c1cc(OC)c(OC(=O)c2ccccc2)cc1[N+](=O)[O-].COc1cc(C(=O)O)c([N+](=O)[O-])cc1OC(=O)c1ccccc1. The van der Waals surface area contributed by atoms with Gasteiger partial charge in [-0.25, -0.2) is 19.2 Å². The molecule has 0 spiro atoms. The molecule has 2 fully saturated rings. The van der Waals surface area contributed by atoms with Gasteiger partial charge < -0.3 is 38.4 Å². The molecule has 4 aromatic carbocycles. The second-order valence-corrected chi connectivity index (χ2v) is 14.3. The molecule has 1 amide bonds. The van der Waals surface area contributed by atoms with Gasteiger partial charge in [0.15, 0.2) is 23.0 Å². The molecule has 65 heavy (non-hydrogen) atoms. The maximum Gasteiger partial charge on any atom is 0.343 e. The number of esters is 4. The van der Waals surface area contributed by atoms with Crippen molar-refractivity contribution in [2.75, 3.05) is 35.0 Å². The average molecular weight is 902 g/mol. The molecule has 4 aromatic rings. The van der Waals surface area contributed by atoms with Crippen LogP contribution in [0.3, 0.4) is 0 Å². The van der Waals surface area contributed by atoms with Crippen molar-refractivity contribution in [3.05, 3.63) is 127 Å². The van der Waals surface area contributed by atoms with Crippen LogP contribution in [0.15, 0.2) is 84.9 Å². The standard InChI is InChI=1S/C22H22N2O8.C15H11NO7.C8H14O2/c1-30-18-12-15(20(25)23-11-7-6-10-16(23)22(27)31-2)17(24(28)29)13-19(18)32-21(26)14-8-4-3-5-9-14;1-22-12-7-10(14(17)18)11(16(20)21)8-13(12)23-15(19)9-5-3-2-4-6-9;1-10-8(9)7-5-3-2-4-6-7/h3-5,8-9,12-13,16H,6-7,10-11H2,1-2H3;2-8H,1H3,(H,17,18);7H,2-6H2,1H3/t16-;;/m1../s1. The molecule has 1 saturated heterocycles. The minimum absolute atomic E-state index is 0.0142. The zero-order chi connectivity index (χ0) is 47.6. The highest BCUT2D eigenvalue weighted by atomic mass is 16.6. The van der Waals surface area contributed by atoms with E-state index in [0.29, 0.717) is 12.8 Å². The molecule has 20 heteroatoms. The number of piperidine rings is 1. The van der Waals surface area contributed by atoms with Crippen molar-refractivity contribution in [1.29, 1.82) is 0 Å². The summed E-state index contributed by atoms with van der Waals surface area (Å²) in [6.07, 6.45) is 7.52. The van der Waals surface area contributed by atoms with Crippen LogP contribution in [0.5, 0.6) is 23.0 Å². The Balaban J connectivity index is 0.000000243. The van der Waals surface area contributed by atoms with Gasteiger partial charge in [0.25, 0.3) is 17.3 Å². The Kier molecular flexibility index (Phi) is 18.4. The van der Waals surface area contributed by atoms with Gasteiger partial charge in [-0.05, 0) is 56.4 Å². The quantitative estimate of drug-likeness (QED) is 0.0634. The predicted octanol–water partition coefficient (Wildman–Crippen LogP) is 7.25. The molecule has 0 unspecified atom stereocenters.